The van der Waals surface area contributed by atoms with Crippen molar-refractivity contribution >= 4 is 34.2 Å². The predicted octanol–water partition coefficient (Wildman–Crippen LogP) is 1.87. The number of hydrogen-bond acceptors (Lipinski definition) is 4. The average molecular weight is 392 g/mol. The standard InChI is InChI=1S/C21H20N4O4/c1-3-24-18-6-4-14(11-16(18)23-20(28)21(24)29)19(27)22-15-5-7-17-13(10-15)8-9-25(17)12(2)26/h4-7,10-11H,3,8-9H2,1-2H3,(H,22,27)(H,23,28). The first-order valence-corrected chi connectivity index (χ1v) is 9.38. The molecule has 3 aromatic rings. The number of nitrogens with one attached hydrogen (secondary N) is 2. The van der Waals surface area contributed by atoms with Gasteiger partial charge in [-0.05, 0) is 55.3 Å². The van der Waals surface area contributed by atoms with Crippen molar-refractivity contribution in [2.24, 2.45) is 0 Å². The highest BCUT2D eigenvalue weighted by Gasteiger charge is 2.22. The van der Waals surface area contributed by atoms with E-state index in [2.05, 4.69) is 10.3 Å². The van der Waals surface area contributed by atoms with Gasteiger partial charge in [0.25, 0.3) is 5.91 Å². The molecule has 0 saturated carbocycles. The minimum atomic E-state index is -0.717. The number of aryl methyl sites for hydroxylation is 1. The van der Waals surface area contributed by atoms with Crippen LogP contribution in [0.15, 0.2) is 46.0 Å². The van der Waals surface area contributed by atoms with Crippen LogP contribution in [0.3, 0.4) is 0 Å². The zero-order valence-electron chi connectivity index (χ0n) is 16.1. The van der Waals surface area contributed by atoms with Crippen LogP contribution >= 0.6 is 0 Å². The van der Waals surface area contributed by atoms with Crippen molar-refractivity contribution in [3.63, 3.8) is 0 Å². The van der Waals surface area contributed by atoms with E-state index in [0.29, 0.717) is 35.4 Å². The van der Waals surface area contributed by atoms with Gasteiger partial charge in [-0.3, -0.25) is 19.2 Å². The second-order valence-electron chi connectivity index (χ2n) is 6.95. The first-order chi connectivity index (χ1) is 13.9. The molecule has 8 heteroatoms. The Balaban J connectivity index is 1.63. The van der Waals surface area contributed by atoms with Gasteiger partial charge >= 0.3 is 11.1 Å². The highest BCUT2D eigenvalue weighted by molar-refractivity contribution is 6.06. The lowest BCUT2D eigenvalue weighted by Crippen LogP contribution is -2.36. The summed E-state index contributed by atoms with van der Waals surface area (Å²) >= 11 is 0. The third kappa shape index (κ3) is 3.22. The van der Waals surface area contributed by atoms with Crippen LogP contribution < -0.4 is 21.3 Å². The normalized spacial score (nSPS) is 12.8. The number of carbonyl (C=O) groups is 2. The van der Waals surface area contributed by atoms with E-state index in [4.69, 9.17) is 0 Å². The molecule has 1 aliphatic rings. The molecule has 0 aliphatic carbocycles. The maximum Gasteiger partial charge on any atom is 0.316 e. The monoisotopic (exact) mass is 392 g/mol. The minimum Gasteiger partial charge on any atom is -0.322 e. The number of carbonyl (C=O) groups excluding carboxylic acids is 2. The van der Waals surface area contributed by atoms with Gasteiger partial charge in [0.2, 0.25) is 5.91 Å². The molecule has 0 spiro atoms. The van der Waals surface area contributed by atoms with E-state index in [-0.39, 0.29) is 11.8 Å². The number of amides is 2. The van der Waals surface area contributed by atoms with Crippen LogP contribution in [0, 0.1) is 0 Å². The quantitative estimate of drug-likeness (QED) is 0.664. The molecule has 0 atom stereocenters. The van der Waals surface area contributed by atoms with Crippen molar-refractivity contribution < 1.29 is 9.59 Å². The predicted molar refractivity (Wildman–Crippen MR) is 111 cm³/mol. The molecule has 0 bridgehead atoms. The summed E-state index contributed by atoms with van der Waals surface area (Å²) in [7, 11) is 0. The number of hydrogen-bond donors (Lipinski definition) is 2. The smallest absolute Gasteiger partial charge is 0.316 e. The molecule has 2 amide bonds. The van der Waals surface area contributed by atoms with E-state index < -0.39 is 11.1 Å². The van der Waals surface area contributed by atoms with Gasteiger partial charge in [0, 0.05) is 37.0 Å². The van der Waals surface area contributed by atoms with Crippen molar-refractivity contribution in [3.8, 4) is 0 Å². The summed E-state index contributed by atoms with van der Waals surface area (Å²) in [5.74, 6) is -0.334. The van der Waals surface area contributed by atoms with Gasteiger partial charge in [-0.2, -0.15) is 0 Å². The maximum absolute atomic E-state index is 12.7. The Hall–Kier alpha value is -3.68. The number of rotatable bonds is 3. The molecule has 2 N–H and O–H groups in total. The summed E-state index contributed by atoms with van der Waals surface area (Å²) in [4.78, 5) is 52.4. The van der Waals surface area contributed by atoms with E-state index >= 15 is 0 Å². The Morgan fingerprint density at radius 2 is 1.93 bits per heavy atom. The average Bonchev–Trinajstić information content (AvgIpc) is 3.12. The van der Waals surface area contributed by atoms with Crippen LogP contribution in [0.5, 0.6) is 0 Å². The summed E-state index contributed by atoms with van der Waals surface area (Å²) in [5.41, 5.74) is 2.53. The number of nitrogens with zero attached hydrogens (tertiary/aromatic N) is 2. The molecular weight excluding hydrogens is 372 g/mol. The number of benzene rings is 2. The molecule has 1 aliphatic heterocycles. The lowest BCUT2D eigenvalue weighted by atomic mass is 10.1. The Morgan fingerprint density at radius 3 is 2.66 bits per heavy atom. The number of aromatic amines is 1. The maximum atomic E-state index is 12.7. The second-order valence-corrected chi connectivity index (χ2v) is 6.95. The fourth-order valence-corrected chi connectivity index (χ4v) is 3.74. The molecule has 29 heavy (non-hydrogen) atoms. The molecule has 0 unspecified atom stereocenters. The SMILES string of the molecule is CCn1c(=O)c(=O)[nH]c2cc(C(=O)Nc3ccc4c(c3)CCN4C(C)=O)ccc21. The van der Waals surface area contributed by atoms with Crippen molar-refractivity contribution in [3.05, 3.63) is 68.2 Å². The fourth-order valence-electron chi connectivity index (χ4n) is 3.74. The van der Waals surface area contributed by atoms with Crippen LogP contribution in [0.2, 0.25) is 0 Å². The zero-order valence-corrected chi connectivity index (χ0v) is 16.1. The molecule has 0 radical (unpaired) electrons. The van der Waals surface area contributed by atoms with Gasteiger partial charge in [-0.15, -0.1) is 0 Å². The van der Waals surface area contributed by atoms with Crippen molar-refractivity contribution in [2.75, 3.05) is 16.8 Å². The van der Waals surface area contributed by atoms with E-state index in [1.807, 2.05) is 12.1 Å². The molecule has 2 heterocycles. The van der Waals surface area contributed by atoms with Gasteiger partial charge in [-0.25, -0.2) is 0 Å². The van der Waals surface area contributed by atoms with Crippen LogP contribution in [0.25, 0.3) is 11.0 Å². The molecule has 0 saturated heterocycles. The summed E-state index contributed by atoms with van der Waals surface area (Å²) in [5, 5.41) is 2.85. The summed E-state index contributed by atoms with van der Waals surface area (Å²) < 4.78 is 1.37. The second kappa shape index (κ2) is 7.05. The van der Waals surface area contributed by atoms with Gasteiger partial charge in [-0.1, -0.05) is 0 Å². The lowest BCUT2D eigenvalue weighted by molar-refractivity contribution is -0.116. The van der Waals surface area contributed by atoms with E-state index in [9.17, 15) is 19.2 Å². The van der Waals surface area contributed by atoms with Crippen molar-refractivity contribution in [1.29, 1.82) is 0 Å². The highest BCUT2D eigenvalue weighted by atomic mass is 16.2. The Morgan fingerprint density at radius 1 is 1.14 bits per heavy atom. The molecule has 8 nitrogen and oxygen atoms in total. The van der Waals surface area contributed by atoms with Crippen LogP contribution in [-0.4, -0.2) is 27.9 Å². The first-order valence-electron chi connectivity index (χ1n) is 9.38. The van der Waals surface area contributed by atoms with Crippen LogP contribution in [0.1, 0.15) is 29.8 Å². The number of aromatic nitrogens is 2. The third-order valence-corrected chi connectivity index (χ3v) is 5.17. The summed E-state index contributed by atoms with van der Waals surface area (Å²) in [6.45, 7) is 4.31. The summed E-state index contributed by atoms with van der Waals surface area (Å²) in [6.07, 6.45) is 0.740. The molecule has 148 valence electrons. The van der Waals surface area contributed by atoms with Gasteiger partial charge in [0.15, 0.2) is 0 Å². The van der Waals surface area contributed by atoms with Gasteiger partial charge in [0.1, 0.15) is 0 Å². The molecule has 0 fully saturated rings. The van der Waals surface area contributed by atoms with E-state index in [1.165, 1.54) is 11.5 Å². The van der Waals surface area contributed by atoms with Crippen molar-refractivity contribution in [2.45, 2.75) is 26.8 Å². The third-order valence-electron chi connectivity index (χ3n) is 5.17. The number of H-pyrrole nitrogens is 1. The zero-order chi connectivity index (χ0) is 20.7. The molecule has 4 rings (SSSR count). The fraction of sp³-hybridized carbons (Fsp3) is 0.238. The van der Waals surface area contributed by atoms with E-state index in [0.717, 1.165) is 17.7 Å². The van der Waals surface area contributed by atoms with E-state index in [1.54, 1.807) is 36.1 Å². The molecular formula is C21H20N4O4. The Bertz CT molecular complexity index is 1270. The Kier molecular flexibility index (Phi) is 4.54. The Labute approximate surface area is 165 Å². The van der Waals surface area contributed by atoms with Crippen molar-refractivity contribution in [1.82, 2.24) is 9.55 Å². The topological polar surface area (TPSA) is 104 Å². The largest absolute Gasteiger partial charge is 0.322 e. The first kappa shape index (κ1) is 18.7. The molecule has 2 aromatic carbocycles. The minimum absolute atomic E-state index is 0.00348. The number of fused-ring (bicyclic) bond motifs is 2. The number of anilines is 2. The summed E-state index contributed by atoms with van der Waals surface area (Å²) in [6, 6.07) is 10.3. The van der Waals surface area contributed by atoms with Crippen LogP contribution in [0.4, 0.5) is 11.4 Å². The highest BCUT2D eigenvalue weighted by Crippen LogP contribution is 2.30. The lowest BCUT2D eigenvalue weighted by Gasteiger charge is -2.15. The van der Waals surface area contributed by atoms with Crippen LogP contribution in [-0.2, 0) is 17.8 Å². The van der Waals surface area contributed by atoms with Gasteiger partial charge in [0.05, 0.1) is 11.0 Å². The van der Waals surface area contributed by atoms with Gasteiger partial charge < -0.3 is 19.8 Å². The molecule has 1 aromatic heterocycles.